The van der Waals surface area contributed by atoms with Gasteiger partial charge in [0.1, 0.15) is 18.5 Å². The molecule has 0 aliphatic heterocycles. The third-order valence-electron chi connectivity index (χ3n) is 8.87. The van der Waals surface area contributed by atoms with Crippen molar-refractivity contribution in [3.8, 4) is 5.75 Å². The Labute approximate surface area is 204 Å². The zero-order valence-electron chi connectivity index (χ0n) is 20.5. The van der Waals surface area contributed by atoms with Crippen LogP contribution in [-0.4, -0.2) is 5.11 Å². The number of rotatable bonds is 6. The van der Waals surface area contributed by atoms with E-state index in [0.29, 0.717) is 17.4 Å². The molecule has 0 heterocycles. The summed E-state index contributed by atoms with van der Waals surface area (Å²) in [7, 11) is 0. The molecule has 4 aliphatic rings. The van der Waals surface area contributed by atoms with Crippen molar-refractivity contribution >= 4 is 0 Å². The molecule has 1 N–H and O–H groups in total. The van der Waals surface area contributed by atoms with E-state index in [9.17, 15) is 5.11 Å². The van der Waals surface area contributed by atoms with Crippen LogP contribution in [0.1, 0.15) is 80.7 Å². The summed E-state index contributed by atoms with van der Waals surface area (Å²) in [4.78, 5) is 0. The van der Waals surface area contributed by atoms with Crippen molar-refractivity contribution in [2.45, 2.75) is 70.5 Å². The van der Waals surface area contributed by atoms with Crippen LogP contribution >= 0.6 is 0 Å². The molecule has 3 atom stereocenters. The molecule has 0 spiro atoms. The summed E-state index contributed by atoms with van der Waals surface area (Å²) in [5.41, 5.74) is 5.42. The molecule has 34 heavy (non-hydrogen) atoms. The van der Waals surface area contributed by atoms with Gasteiger partial charge >= 0.3 is 0 Å². The second-order valence-corrected chi connectivity index (χ2v) is 12.3. The lowest BCUT2D eigenvalue weighted by molar-refractivity contribution is -0.110. The summed E-state index contributed by atoms with van der Waals surface area (Å²) in [6, 6.07) is 26.9. The van der Waals surface area contributed by atoms with Crippen LogP contribution in [0, 0.1) is 16.7 Å². The Kier molecular flexibility index (Phi) is 5.15. The predicted molar refractivity (Wildman–Crippen MR) is 137 cm³/mol. The quantitative estimate of drug-likeness (QED) is 0.417. The summed E-state index contributed by atoms with van der Waals surface area (Å²) < 4.78 is 6.59. The highest BCUT2D eigenvalue weighted by Gasteiger charge is 2.61. The zero-order valence-corrected chi connectivity index (χ0v) is 20.5. The Bertz CT molecular complexity index is 1150. The van der Waals surface area contributed by atoms with Gasteiger partial charge in [0.15, 0.2) is 0 Å². The Morgan fingerprint density at radius 2 is 1.44 bits per heavy atom. The molecule has 3 unspecified atom stereocenters. The van der Waals surface area contributed by atoms with Crippen molar-refractivity contribution < 1.29 is 9.84 Å². The van der Waals surface area contributed by atoms with Crippen molar-refractivity contribution in [1.29, 1.82) is 0 Å². The molecule has 7 rings (SSSR count). The SMILES string of the molecule is CC12CC3CC(C)(C1)CC(c1ccc(C(O)c4ccccc4)cc1OCc1ccccc1)(C3)C2. The maximum Gasteiger partial charge on any atom is 0.123 e. The molecular weight excluding hydrogens is 416 g/mol. The van der Waals surface area contributed by atoms with Gasteiger partial charge in [0, 0.05) is 11.0 Å². The molecule has 0 amide bonds. The van der Waals surface area contributed by atoms with Gasteiger partial charge in [-0.2, -0.15) is 0 Å². The van der Waals surface area contributed by atoms with Crippen LogP contribution in [0.3, 0.4) is 0 Å². The van der Waals surface area contributed by atoms with Gasteiger partial charge in [-0.25, -0.2) is 0 Å². The minimum atomic E-state index is -0.652. The topological polar surface area (TPSA) is 29.5 Å². The molecule has 3 aromatic rings. The number of ether oxygens (including phenoxy) is 1. The van der Waals surface area contributed by atoms with Gasteiger partial charge in [0.25, 0.3) is 0 Å². The summed E-state index contributed by atoms with van der Waals surface area (Å²) in [6.45, 7) is 5.61. The van der Waals surface area contributed by atoms with Gasteiger partial charge in [-0.1, -0.05) is 86.6 Å². The van der Waals surface area contributed by atoms with E-state index in [-0.39, 0.29) is 5.41 Å². The second kappa shape index (κ2) is 7.99. The fourth-order valence-corrected chi connectivity index (χ4v) is 8.58. The van der Waals surface area contributed by atoms with Crippen LogP contribution < -0.4 is 4.74 Å². The fraction of sp³-hybridized carbons (Fsp3) is 0.438. The van der Waals surface area contributed by atoms with Crippen LogP contribution in [0.2, 0.25) is 0 Å². The van der Waals surface area contributed by atoms with Crippen molar-refractivity contribution in [2.24, 2.45) is 16.7 Å². The molecule has 176 valence electrons. The third-order valence-corrected chi connectivity index (χ3v) is 8.87. The monoisotopic (exact) mass is 452 g/mol. The van der Waals surface area contributed by atoms with Gasteiger partial charge in [0.05, 0.1) is 0 Å². The molecule has 4 aliphatic carbocycles. The van der Waals surface area contributed by atoms with Crippen LogP contribution in [0.25, 0.3) is 0 Å². The fourth-order valence-electron chi connectivity index (χ4n) is 8.58. The van der Waals surface area contributed by atoms with E-state index in [2.05, 4.69) is 56.3 Å². The molecule has 0 radical (unpaired) electrons. The van der Waals surface area contributed by atoms with Crippen LogP contribution in [0.15, 0.2) is 78.9 Å². The number of hydrogen-bond donors (Lipinski definition) is 1. The average molecular weight is 453 g/mol. The summed E-state index contributed by atoms with van der Waals surface area (Å²) >= 11 is 0. The molecular formula is C32H36O2. The standard InChI is InChI=1S/C32H36O2/c1-30-16-24-17-31(2,20-30)22-32(18-24,21-30)27-14-13-26(29(33)25-11-7-4-8-12-25)15-28(27)34-19-23-9-5-3-6-10-23/h3-15,24,29,33H,16-22H2,1-2H3. The van der Waals surface area contributed by atoms with E-state index >= 15 is 0 Å². The molecule has 0 aromatic heterocycles. The highest BCUT2D eigenvalue weighted by Crippen LogP contribution is 2.70. The molecule has 4 bridgehead atoms. The normalized spacial score (nSPS) is 32.5. The van der Waals surface area contributed by atoms with E-state index in [1.807, 2.05) is 36.4 Å². The number of hydrogen-bond acceptors (Lipinski definition) is 2. The minimum absolute atomic E-state index is 0.186. The van der Waals surface area contributed by atoms with E-state index in [0.717, 1.165) is 22.8 Å². The third kappa shape index (κ3) is 3.86. The van der Waals surface area contributed by atoms with Crippen molar-refractivity contribution in [3.63, 3.8) is 0 Å². The van der Waals surface area contributed by atoms with Gasteiger partial charge in [-0.3, -0.25) is 0 Å². The van der Waals surface area contributed by atoms with Gasteiger partial charge in [-0.15, -0.1) is 0 Å². The first-order chi connectivity index (χ1) is 16.4. The largest absolute Gasteiger partial charge is 0.489 e. The minimum Gasteiger partial charge on any atom is -0.489 e. The first kappa shape index (κ1) is 21.9. The van der Waals surface area contributed by atoms with Gasteiger partial charge in [0.2, 0.25) is 0 Å². The number of benzene rings is 3. The van der Waals surface area contributed by atoms with Crippen molar-refractivity contribution in [3.05, 3.63) is 101 Å². The van der Waals surface area contributed by atoms with Crippen LogP contribution in [-0.2, 0) is 12.0 Å². The number of aliphatic hydroxyl groups is 1. The Morgan fingerprint density at radius 3 is 2.09 bits per heavy atom. The van der Waals surface area contributed by atoms with Crippen molar-refractivity contribution in [2.75, 3.05) is 0 Å². The maximum absolute atomic E-state index is 11.2. The van der Waals surface area contributed by atoms with Gasteiger partial charge < -0.3 is 9.84 Å². The molecule has 0 saturated heterocycles. The lowest BCUT2D eigenvalue weighted by Gasteiger charge is -2.65. The lowest BCUT2D eigenvalue weighted by Crippen LogP contribution is -2.56. The second-order valence-electron chi connectivity index (χ2n) is 12.3. The molecule has 4 saturated carbocycles. The summed E-state index contributed by atoms with van der Waals surface area (Å²) in [5, 5.41) is 11.2. The van der Waals surface area contributed by atoms with E-state index in [4.69, 9.17) is 4.74 Å². The predicted octanol–water partition coefficient (Wildman–Crippen LogP) is 7.60. The zero-order chi connectivity index (χ0) is 23.4. The Balaban J connectivity index is 1.40. The summed E-state index contributed by atoms with van der Waals surface area (Å²) in [5.74, 6) is 1.79. The maximum atomic E-state index is 11.2. The van der Waals surface area contributed by atoms with Gasteiger partial charge in [-0.05, 0) is 78.0 Å². The van der Waals surface area contributed by atoms with E-state index in [1.165, 1.54) is 49.7 Å². The van der Waals surface area contributed by atoms with E-state index < -0.39 is 6.10 Å². The van der Waals surface area contributed by atoms with Crippen molar-refractivity contribution in [1.82, 2.24) is 0 Å². The van der Waals surface area contributed by atoms with Crippen LogP contribution in [0.4, 0.5) is 0 Å². The first-order valence-corrected chi connectivity index (χ1v) is 12.9. The average Bonchev–Trinajstić information content (AvgIpc) is 2.81. The smallest absolute Gasteiger partial charge is 0.123 e. The molecule has 4 fully saturated rings. The Morgan fingerprint density at radius 1 is 0.794 bits per heavy atom. The molecule has 2 heteroatoms. The highest BCUT2D eigenvalue weighted by atomic mass is 16.5. The molecule has 3 aromatic carbocycles. The lowest BCUT2D eigenvalue weighted by atomic mass is 9.39. The summed E-state index contributed by atoms with van der Waals surface area (Å²) in [6.07, 6.45) is 7.28. The highest BCUT2D eigenvalue weighted by molar-refractivity contribution is 5.47. The Hall–Kier alpha value is -2.58. The van der Waals surface area contributed by atoms with E-state index in [1.54, 1.807) is 0 Å². The van der Waals surface area contributed by atoms with Crippen LogP contribution in [0.5, 0.6) is 5.75 Å². The first-order valence-electron chi connectivity index (χ1n) is 12.9. The molecule has 2 nitrogen and oxygen atoms in total. The number of aliphatic hydroxyl groups excluding tert-OH is 1.